The minimum absolute atomic E-state index is 0.0902. The molecule has 128 valence electrons. The van der Waals surface area contributed by atoms with Crippen LogP contribution in [0.1, 0.15) is 24.1 Å². The Morgan fingerprint density at radius 1 is 1.04 bits per heavy atom. The highest BCUT2D eigenvalue weighted by atomic mass is 16.5. The normalized spacial score (nSPS) is 11.6. The predicted molar refractivity (Wildman–Crippen MR) is 98.6 cm³/mol. The Labute approximate surface area is 147 Å². The Balaban J connectivity index is 1.65. The van der Waals surface area contributed by atoms with Crippen molar-refractivity contribution in [3.8, 4) is 5.75 Å². The summed E-state index contributed by atoms with van der Waals surface area (Å²) in [7, 11) is 1.66. The van der Waals surface area contributed by atoms with Crippen LogP contribution in [0.4, 0.5) is 11.8 Å². The van der Waals surface area contributed by atoms with E-state index in [0.29, 0.717) is 18.3 Å². The largest absolute Gasteiger partial charge is 0.496 e. The van der Waals surface area contributed by atoms with Crippen molar-refractivity contribution in [1.29, 1.82) is 0 Å². The van der Waals surface area contributed by atoms with Gasteiger partial charge in [0.25, 0.3) is 0 Å². The zero-order chi connectivity index (χ0) is 17.5. The molecule has 3 rings (SSSR count). The van der Waals surface area contributed by atoms with Crippen LogP contribution < -0.4 is 15.4 Å². The molecule has 0 saturated heterocycles. The molecule has 1 atom stereocenters. The Bertz CT molecular complexity index is 810. The summed E-state index contributed by atoms with van der Waals surface area (Å²) in [5.74, 6) is 1.98. The van der Waals surface area contributed by atoms with E-state index in [1.165, 1.54) is 5.56 Å². The fourth-order valence-electron chi connectivity index (χ4n) is 2.50. The van der Waals surface area contributed by atoms with E-state index in [1.807, 2.05) is 42.5 Å². The quantitative estimate of drug-likeness (QED) is 0.686. The molecule has 0 amide bonds. The van der Waals surface area contributed by atoms with Crippen LogP contribution in [0.2, 0.25) is 0 Å². The molecule has 6 heteroatoms. The third-order valence-electron chi connectivity index (χ3n) is 3.86. The van der Waals surface area contributed by atoms with E-state index in [0.717, 1.165) is 11.3 Å². The number of hydrogen-bond acceptors (Lipinski definition) is 6. The summed E-state index contributed by atoms with van der Waals surface area (Å²) in [6.07, 6.45) is 1.60. The van der Waals surface area contributed by atoms with Crippen molar-refractivity contribution in [2.45, 2.75) is 19.5 Å². The lowest BCUT2D eigenvalue weighted by Gasteiger charge is -2.14. The number of hydrogen-bond donors (Lipinski definition) is 2. The molecule has 0 aliphatic carbocycles. The summed E-state index contributed by atoms with van der Waals surface area (Å²) in [6, 6.07) is 18.1. The van der Waals surface area contributed by atoms with Gasteiger partial charge < -0.3 is 15.4 Å². The number of rotatable bonds is 7. The Morgan fingerprint density at radius 3 is 2.60 bits per heavy atom. The van der Waals surface area contributed by atoms with Crippen molar-refractivity contribution in [2.24, 2.45) is 0 Å². The molecule has 2 aromatic carbocycles. The van der Waals surface area contributed by atoms with Crippen molar-refractivity contribution < 1.29 is 4.74 Å². The predicted octanol–water partition coefficient (Wildman–Crippen LogP) is 3.67. The van der Waals surface area contributed by atoms with Gasteiger partial charge in [-0.1, -0.05) is 48.5 Å². The van der Waals surface area contributed by atoms with Crippen LogP contribution in [0.15, 0.2) is 60.8 Å². The SMILES string of the molecule is COc1ccccc1CNc1cnnc(NC(C)c2ccccc2)n1. The van der Waals surface area contributed by atoms with E-state index in [9.17, 15) is 0 Å². The van der Waals surface area contributed by atoms with Gasteiger partial charge in [0.1, 0.15) is 5.75 Å². The van der Waals surface area contributed by atoms with Gasteiger partial charge in [-0.15, -0.1) is 5.10 Å². The second-order valence-corrected chi connectivity index (χ2v) is 5.61. The molecule has 1 aromatic heterocycles. The van der Waals surface area contributed by atoms with E-state index in [1.54, 1.807) is 13.3 Å². The van der Waals surface area contributed by atoms with E-state index in [2.05, 4.69) is 44.9 Å². The van der Waals surface area contributed by atoms with Crippen LogP contribution in [-0.4, -0.2) is 22.3 Å². The molecule has 0 radical (unpaired) electrons. The Hall–Kier alpha value is -3.15. The molecule has 0 bridgehead atoms. The van der Waals surface area contributed by atoms with Crippen molar-refractivity contribution >= 4 is 11.8 Å². The first-order chi connectivity index (χ1) is 12.3. The molecule has 3 aromatic rings. The van der Waals surface area contributed by atoms with Crippen LogP contribution in [0, 0.1) is 0 Å². The number of nitrogens with one attached hydrogen (secondary N) is 2. The maximum absolute atomic E-state index is 5.36. The van der Waals surface area contributed by atoms with E-state index in [-0.39, 0.29) is 6.04 Å². The van der Waals surface area contributed by atoms with Gasteiger partial charge in [-0.05, 0) is 18.6 Å². The molecule has 1 unspecified atom stereocenters. The lowest BCUT2D eigenvalue weighted by atomic mass is 10.1. The molecule has 0 saturated carbocycles. The van der Waals surface area contributed by atoms with Gasteiger partial charge in [0, 0.05) is 12.1 Å². The average Bonchev–Trinajstić information content (AvgIpc) is 2.67. The van der Waals surface area contributed by atoms with Crippen LogP contribution >= 0.6 is 0 Å². The van der Waals surface area contributed by atoms with Gasteiger partial charge in [0.05, 0.1) is 19.3 Å². The third kappa shape index (κ3) is 4.44. The van der Waals surface area contributed by atoms with Gasteiger partial charge >= 0.3 is 0 Å². The second kappa shape index (κ2) is 8.10. The number of anilines is 2. The first-order valence-corrected chi connectivity index (χ1v) is 8.13. The van der Waals surface area contributed by atoms with Gasteiger partial charge in [-0.3, -0.25) is 0 Å². The zero-order valence-electron chi connectivity index (χ0n) is 14.3. The van der Waals surface area contributed by atoms with Gasteiger partial charge in [-0.2, -0.15) is 10.1 Å². The number of methoxy groups -OCH3 is 1. The smallest absolute Gasteiger partial charge is 0.245 e. The molecule has 0 aliphatic rings. The second-order valence-electron chi connectivity index (χ2n) is 5.61. The molecular formula is C19H21N5O. The summed E-state index contributed by atoms with van der Waals surface area (Å²) >= 11 is 0. The summed E-state index contributed by atoms with van der Waals surface area (Å²) in [5.41, 5.74) is 2.22. The molecule has 0 spiro atoms. The van der Waals surface area contributed by atoms with E-state index < -0.39 is 0 Å². The minimum Gasteiger partial charge on any atom is -0.496 e. The average molecular weight is 335 g/mol. The molecule has 0 aliphatic heterocycles. The summed E-state index contributed by atoms with van der Waals surface area (Å²) in [4.78, 5) is 4.47. The maximum Gasteiger partial charge on any atom is 0.245 e. The van der Waals surface area contributed by atoms with Crippen LogP contribution in [0.25, 0.3) is 0 Å². The number of para-hydroxylation sites is 1. The molecular weight excluding hydrogens is 314 g/mol. The first-order valence-electron chi connectivity index (χ1n) is 8.13. The Kier molecular flexibility index (Phi) is 5.41. The summed E-state index contributed by atoms with van der Waals surface area (Å²) in [6.45, 7) is 2.66. The zero-order valence-corrected chi connectivity index (χ0v) is 14.3. The van der Waals surface area contributed by atoms with E-state index in [4.69, 9.17) is 4.74 Å². The van der Waals surface area contributed by atoms with Crippen molar-refractivity contribution in [3.05, 3.63) is 71.9 Å². The topological polar surface area (TPSA) is 72.0 Å². The van der Waals surface area contributed by atoms with E-state index >= 15 is 0 Å². The van der Waals surface area contributed by atoms with Gasteiger partial charge in [-0.25, -0.2) is 0 Å². The fourth-order valence-corrected chi connectivity index (χ4v) is 2.50. The van der Waals surface area contributed by atoms with Crippen molar-refractivity contribution in [2.75, 3.05) is 17.7 Å². The third-order valence-corrected chi connectivity index (χ3v) is 3.86. The summed E-state index contributed by atoms with van der Waals surface area (Å²) in [5, 5.41) is 14.6. The first kappa shape index (κ1) is 16.7. The standard InChI is InChI=1S/C19H21N5O/c1-14(15-8-4-3-5-9-15)22-19-23-18(13-21-24-19)20-12-16-10-6-7-11-17(16)25-2/h3-11,13-14H,12H2,1-2H3,(H2,20,22,23,24). The van der Waals surface area contributed by atoms with Gasteiger partial charge in [0.2, 0.25) is 5.95 Å². The highest BCUT2D eigenvalue weighted by Crippen LogP contribution is 2.19. The minimum atomic E-state index is 0.0902. The van der Waals surface area contributed by atoms with Crippen molar-refractivity contribution in [1.82, 2.24) is 15.2 Å². The lowest BCUT2D eigenvalue weighted by molar-refractivity contribution is 0.410. The number of nitrogens with zero attached hydrogens (tertiary/aromatic N) is 3. The van der Waals surface area contributed by atoms with Gasteiger partial charge in [0.15, 0.2) is 5.82 Å². The lowest BCUT2D eigenvalue weighted by Crippen LogP contribution is -2.11. The number of aromatic nitrogens is 3. The molecule has 1 heterocycles. The van der Waals surface area contributed by atoms with Crippen LogP contribution in [0.5, 0.6) is 5.75 Å². The Morgan fingerprint density at radius 2 is 1.80 bits per heavy atom. The highest BCUT2D eigenvalue weighted by molar-refractivity contribution is 5.41. The van der Waals surface area contributed by atoms with Crippen molar-refractivity contribution in [3.63, 3.8) is 0 Å². The number of ether oxygens (including phenoxy) is 1. The summed E-state index contributed by atoms with van der Waals surface area (Å²) < 4.78 is 5.36. The maximum atomic E-state index is 5.36. The molecule has 6 nitrogen and oxygen atoms in total. The van der Waals surface area contributed by atoms with Crippen LogP contribution in [-0.2, 0) is 6.54 Å². The highest BCUT2D eigenvalue weighted by Gasteiger charge is 2.08. The fraction of sp³-hybridized carbons (Fsp3) is 0.211. The molecule has 25 heavy (non-hydrogen) atoms. The van der Waals surface area contributed by atoms with Crippen LogP contribution in [0.3, 0.4) is 0 Å². The monoisotopic (exact) mass is 335 g/mol. The number of benzene rings is 2. The molecule has 2 N–H and O–H groups in total. The molecule has 0 fully saturated rings.